The molecule has 2 aromatic carbocycles. The van der Waals surface area contributed by atoms with Crippen molar-refractivity contribution in [2.45, 2.75) is 50.5 Å². The molecule has 6 rings (SSSR count). The van der Waals surface area contributed by atoms with E-state index in [0.29, 0.717) is 11.5 Å². The van der Waals surface area contributed by atoms with E-state index in [-0.39, 0.29) is 5.91 Å². The molecule has 6 heteroatoms. The van der Waals surface area contributed by atoms with Crippen molar-refractivity contribution in [1.29, 1.82) is 0 Å². The number of imidazole rings is 1. The second-order valence-electron chi connectivity index (χ2n) is 9.97. The Morgan fingerprint density at radius 2 is 1.69 bits per heavy atom. The van der Waals surface area contributed by atoms with Gasteiger partial charge in [0.25, 0.3) is 5.91 Å². The lowest BCUT2D eigenvalue weighted by Crippen LogP contribution is -2.35. The average molecular weight is 466 g/mol. The van der Waals surface area contributed by atoms with E-state index in [1.807, 2.05) is 54.7 Å². The number of carbonyl (C=O) groups is 1. The summed E-state index contributed by atoms with van der Waals surface area (Å²) >= 11 is 0. The summed E-state index contributed by atoms with van der Waals surface area (Å²) in [5.74, 6) is 1.44. The van der Waals surface area contributed by atoms with Crippen LogP contribution in [0.2, 0.25) is 0 Å². The van der Waals surface area contributed by atoms with Crippen molar-refractivity contribution in [2.24, 2.45) is 5.92 Å². The van der Waals surface area contributed by atoms with Crippen molar-refractivity contribution in [2.75, 3.05) is 11.9 Å². The van der Waals surface area contributed by atoms with Gasteiger partial charge in [0.05, 0.1) is 23.1 Å². The van der Waals surface area contributed by atoms with Crippen LogP contribution in [-0.4, -0.2) is 26.8 Å². The fourth-order valence-electron chi connectivity index (χ4n) is 5.29. The molecular formula is C29H31N5O. The zero-order chi connectivity index (χ0) is 23.7. The third kappa shape index (κ3) is 4.41. The van der Waals surface area contributed by atoms with Gasteiger partial charge in [-0.1, -0.05) is 67.8 Å². The zero-order valence-corrected chi connectivity index (χ0v) is 19.9. The van der Waals surface area contributed by atoms with Gasteiger partial charge in [0.1, 0.15) is 0 Å². The van der Waals surface area contributed by atoms with Crippen LogP contribution in [0.25, 0.3) is 16.9 Å². The minimum absolute atomic E-state index is 0.0500. The number of hydrogen-bond acceptors (Lipinski definition) is 4. The van der Waals surface area contributed by atoms with E-state index in [1.165, 1.54) is 32.1 Å². The Balaban J connectivity index is 1.36. The summed E-state index contributed by atoms with van der Waals surface area (Å²) in [5.41, 5.74) is 4.06. The number of amides is 1. The van der Waals surface area contributed by atoms with Crippen molar-refractivity contribution in [3.63, 3.8) is 0 Å². The molecule has 2 aliphatic carbocycles. The maximum Gasteiger partial charge on any atom is 0.252 e. The first-order valence-corrected chi connectivity index (χ1v) is 12.8. The quantitative estimate of drug-likeness (QED) is 0.361. The van der Waals surface area contributed by atoms with Crippen LogP contribution >= 0.6 is 0 Å². The predicted octanol–water partition coefficient (Wildman–Crippen LogP) is 5.81. The van der Waals surface area contributed by atoms with Crippen molar-refractivity contribution in [3.8, 4) is 11.3 Å². The van der Waals surface area contributed by atoms with Gasteiger partial charge >= 0.3 is 0 Å². The summed E-state index contributed by atoms with van der Waals surface area (Å²) in [6.07, 6.45) is 12.3. The fraction of sp³-hybridized carbons (Fsp3) is 0.345. The van der Waals surface area contributed by atoms with Crippen molar-refractivity contribution >= 4 is 17.4 Å². The van der Waals surface area contributed by atoms with Gasteiger partial charge in [-0.3, -0.25) is 9.20 Å². The third-order valence-corrected chi connectivity index (χ3v) is 7.47. The maximum atomic E-state index is 13.0. The Morgan fingerprint density at radius 1 is 0.971 bits per heavy atom. The Bertz CT molecular complexity index is 1320. The summed E-state index contributed by atoms with van der Waals surface area (Å²) in [4.78, 5) is 22.8. The molecule has 2 aliphatic rings. The van der Waals surface area contributed by atoms with Gasteiger partial charge in [-0.15, -0.1) is 0 Å². The number of fused-ring (bicyclic) bond motifs is 1. The lowest BCUT2D eigenvalue weighted by atomic mass is 9.89. The van der Waals surface area contributed by atoms with E-state index in [1.54, 1.807) is 0 Å². The zero-order valence-electron chi connectivity index (χ0n) is 19.9. The molecule has 0 unspecified atom stereocenters. The Morgan fingerprint density at radius 3 is 2.40 bits per heavy atom. The first-order valence-electron chi connectivity index (χ1n) is 12.8. The van der Waals surface area contributed by atoms with Gasteiger partial charge in [-0.2, -0.15) is 0 Å². The number of anilines is 1. The molecule has 2 heterocycles. The lowest BCUT2D eigenvalue weighted by Gasteiger charge is -2.22. The van der Waals surface area contributed by atoms with E-state index < -0.39 is 5.54 Å². The second kappa shape index (κ2) is 9.17. The third-order valence-electron chi connectivity index (χ3n) is 7.47. The number of hydrogen-bond donors (Lipinski definition) is 2. The Labute approximate surface area is 205 Å². The van der Waals surface area contributed by atoms with Crippen LogP contribution in [0.3, 0.4) is 0 Å². The highest BCUT2D eigenvalue weighted by atomic mass is 16.1. The van der Waals surface area contributed by atoms with Gasteiger partial charge in [-0.05, 0) is 43.7 Å². The molecular weight excluding hydrogens is 434 g/mol. The summed E-state index contributed by atoms with van der Waals surface area (Å²) in [6.45, 7) is 0.916. The molecule has 0 atom stereocenters. The van der Waals surface area contributed by atoms with Crippen LogP contribution in [0.15, 0.2) is 73.1 Å². The standard InChI is InChI=1S/C29H31N5O/c35-28(23-14-8-3-9-15-23)33-29(16-17-29)25-19-31-27-26(30-18-21-10-4-1-5-11-21)32-24(20-34(25)27)22-12-6-2-7-13-22/h2-3,6-9,12-15,19-21H,1,4-5,10-11,16-18H2,(H,30,32)(H,33,35). The van der Waals surface area contributed by atoms with Crippen molar-refractivity contribution in [3.05, 3.63) is 84.3 Å². The van der Waals surface area contributed by atoms with E-state index >= 15 is 0 Å². The largest absolute Gasteiger partial charge is 0.367 e. The molecule has 0 spiro atoms. The minimum atomic E-state index is -0.401. The van der Waals surface area contributed by atoms with Gasteiger partial charge in [0.2, 0.25) is 0 Å². The molecule has 35 heavy (non-hydrogen) atoms. The van der Waals surface area contributed by atoms with Crippen LogP contribution in [0, 0.1) is 5.92 Å². The van der Waals surface area contributed by atoms with Crippen LogP contribution in [0.4, 0.5) is 5.82 Å². The van der Waals surface area contributed by atoms with Gasteiger partial charge in [-0.25, -0.2) is 9.97 Å². The van der Waals surface area contributed by atoms with Crippen LogP contribution < -0.4 is 10.6 Å². The molecule has 0 bridgehead atoms. The van der Waals surface area contributed by atoms with Crippen molar-refractivity contribution in [1.82, 2.24) is 19.7 Å². The SMILES string of the molecule is O=C(NC1(c2cnc3c(NCC4CCCCC4)nc(-c4ccccc4)cn23)CC1)c1ccccc1. The number of aromatic nitrogens is 3. The highest BCUT2D eigenvalue weighted by molar-refractivity contribution is 5.95. The van der Waals surface area contributed by atoms with E-state index in [0.717, 1.165) is 47.8 Å². The number of benzene rings is 2. The number of carbonyl (C=O) groups excluding carboxylic acids is 1. The maximum absolute atomic E-state index is 13.0. The fourth-order valence-corrected chi connectivity index (χ4v) is 5.29. The Hall–Kier alpha value is -3.67. The monoisotopic (exact) mass is 465 g/mol. The van der Waals surface area contributed by atoms with Gasteiger partial charge < -0.3 is 10.6 Å². The molecule has 178 valence electrons. The summed E-state index contributed by atoms with van der Waals surface area (Å²) in [5, 5.41) is 6.94. The first-order chi connectivity index (χ1) is 17.2. The van der Waals surface area contributed by atoms with E-state index in [9.17, 15) is 4.79 Å². The van der Waals surface area contributed by atoms with Crippen LogP contribution in [-0.2, 0) is 5.54 Å². The predicted molar refractivity (Wildman–Crippen MR) is 138 cm³/mol. The lowest BCUT2D eigenvalue weighted by molar-refractivity contribution is 0.0929. The highest BCUT2D eigenvalue weighted by Crippen LogP contribution is 2.46. The highest BCUT2D eigenvalue weighted by Gasteiger charge is 2.48. The van der Waals surface area contributed by atoms with E-state index in [4.69, 9.17) is 9.97 Å². The molecule has 1 amide bonds. The molecule has 2 saturated carbocycles. The number of nitrogens with zero attached hydrogens (tertiary/aromatic N) is 3. The minimum Gasteiger partial charge on any atom is -0.367 e. The second-order valence-corrected chi connectivity index (χ2v) is 9.97. The van der Waals surface area contributed by atoms with Crippen LogP contribution in [0.1, 0.15) is 61.0 Å². The summed E-state index contributed by atoms with van der Waals surface area (Å²) in [7, 11) is 0. The van der Waals surface area contributed by atoms with E-state index in [2.05, 4.69) is 33.4 Å². The van der Waals surface area contributed by atoms with Crippen molar-refractivity contribution < 1.29 is 4.79 Å². The topological polar surface area (TPSA) is 71.3 Å². The van der Waals surface area contributed by atoms with Gasteiger partial charge in [0, 0.05) is 23.9 Å². The summed E-state index contributed by atoms with van der Waals surface area (Å²) in [6, 6.07) is 19.7. The molecule has 2 N–H and O–H groups in total. The molecule has 2 aromatic heterocycles. The number of nitrogens with one attached hydrogen (secondary N) is 2. The Kier molecular flexibility index (Phi) is 5.72. The van der Waals surface area contributed by atoms with Gasteiger partial charge in [0.15, 0.2) is 11.5 Å². The van der Waals surface area contributed by atoms with Crippen LogP contribution in [0.5, 0.6) is 0 Å². The number of rotatable bonds is 7. The average Bonchev–Trinajstić information content (AvgIpc) is 3.56. The molecule has 4 aromatic rings. The molecule has 0 saturated heterocycles. The molecule has 6 nitrogen and oxygen atoms in total. The smallest absolute Gasteiger partial charge is 0.252 e. The normalized spacial score (nSPS) is 17.3. The first kappa shape index (κ1) is 21.8. The molecule has 2 fully saturated rings. The molecule has 0 aliphatic heterocycles. The molecule has 0 radical (unpaired) electrons. The summed E-state index contributed by atoms with van der Waals surface area (Å²) < 4.78 is 2.14.